The lowest BCUT2D eigenvalue weighted by atomic mass is 9.95. The van der Waals surface area contributed by atoms with Crippen LogP contribution in [0.4, 0.5) is 0 Å². The summed E-state index contributed by atoms with van der Waals surface area (Å²) in [5.41, 5.74) is 0. The Hall–Kier alpha value is 0.250. The molecule has 0 unspecified atom stereocenters. The zero-order valence-electron chi connectivity index (χ0n) is 14.7. The summed E-state index contributed by atoms with van der Waals surface area (Å²) < 4.78 is 0. The first-order chi connectivity index (χ1) is 9.83. The molecule has 0 radical (unpaired) electrons. The van der Waals surface area contributed by atoms with Crippen molar-refractivity contribution >= 4 is 12.4 Å². The molecule has 2 heteroatoms. The van der Waals surface area contributed by atoms with Gasteiger partial charge in [-0.2, -0.15) is 0 Å². The average Bonchev–Trinajstić information content (AvgIpc) is 2.45. The van der Waals surface area contributed by atoms with E-state index < -0.39 is 0 Å². The van der Waals surface area contributed by atoms with E-state index in [0.717, 1.165) is 12.1 Å². The van der Waals surface area contributed by atoms with Gasteiger partial charge >= 0.3 is 0 Å². The molecule has 0 aromatic heterocycles. The molecule has 128 valence electrons. The summed E-state index contributed by atoms with van der Waals surface area (Å²) >= 11 is 0. The zero-order valence-corrected chi connectivity index (χ0v) is 15.5. The van der Waals surface area contributed by atoms with Gasteiger partial charge in [-0.05, 0) is 26.2 Å². The molecule has 1 nitrogen and oxygen atoms in total. The lowest BCUT2D eigenvalue weighted by Crippen LogP contribution is -2.40. The zero-order chi connectivity index (χ0) is 14.5. The molecule has 1 aliphatic heterocycles. The summed E-state index contributed by atoms with van der Waals surface area (Å²) in [5.74, 6) is 0. The molecule has 1 saturated heterocycles. The highest BCUT2D eigenvalue weighted by molar-refractivity contribution is 5.85. The van der Waals surface area contributed by atoms with Gasteiger partial charge in [-0.15, -0.1) is 12.4 Å². The Balaban J connectivity index is 0.00000400. The Bertz CT molecular complexity index is 208. The van der Waals surface area contributed by atoms with Crippen LogP contribution in [0.3, 0.4) is 0 Å². The van der Waals surface area contributed by atoms with Gasteiger partial charge in [0.05, 0.1) is 0 Å². The molecule has 0 amide bonds. The fraction of sp³-hybridized carbons (Fsp3) is 1.00. The summed E-state index contributed by atoms with van der Waals surface area (Å²) in [4.78, 5) is 0. The van der Waals surface area contributed by atoms with E-state index in [-0.39, 0.29) is 12.4 Å². The van der Waals surface area contributed by atoms with Crippen LogP contribution in [0, 0.1) is 0 Å². The maximum Gasteiger partial charge on any atom is 0.00695 e. The van der Waals surface area contributed by atoms with Crippen molar-refractivity contribution in [3.05, 3.63) is 0 Å². The van der Waals surface area contributed by atoms with Crippen LogP contribution in [-0.2, 0) is 0 Å². The normalized spacial score (nSPS) is 22.0. The number of nitrogens with one attached hydrogen (secondary N) is 1. The van der Waals surface area contributed by atoms with Crippen LogP contribution in [0.15, 0.2) is 0 Å². The maximum atomic E-state index is 3.75. The van der Waals surface area contributed by atoms with Crippen LogP contribution >= 0.6 is 12.4 Å². The first-order valence-corrected chi connectivity index (χ1v) is 9.59. The molecule has 1 heterocycles. The molecule has 1 aliphatic rings. The van der Waals surface area contributed by atoms with E-state index >= 15 is 0 Å². The first kappa shape index (κ1) is 21.2. The molecular weight excluding hydrogens is 278 g/mol. The molecule has 0 bridgehead atoms. The van der Waals surface area contributed by atoms with Crippen molar-refractivity contribution in [1.82, 2.24) is 5.32 Å². The van der Waals surface area contributed by atoms with Crippen molar-refractivity contribution in [2.75, 3.05) is 0 Å². The van der Waals surface area contributed by atoms with Gasteiger partial charge in [0, 0.05) is 12.1 Å². The average molecular weight is 318 g/mol. The van der Waals surface area contributed by atoms with Crippen molar-refractivity contribution in [1.29, 1.82) is 0 Å². The number of piperidine rings is 1. The molecule has 0 aromatic rings. The minimum absolute atomic E-state index is 0. The predicted octanol–water partition coefficient (Wildman–Crippen LogP) is 6.64. The van der Waals surface area contributed by atoms with Crippen molar-refractivity contribution in [3.63, 3.8) is 0 Å². The van der Waals surface area contributed by atoms with E-state index in [1.807, 2.05) is 0 Å². The Morgan fingerprint density at radius 2 is 1.29 bits per heavy atom. The molecule has 0 aliphatic carbocycles. The fourth-order valence-corrected chi connectivity index (χ4v) is 3.52. The molecule has 0 aromatic carbocycles. The van der Waals surface area contributed by atoms with E-state index in [2.05, 4.69) is 19.2 Å². The van der Waals surface area contributed by atoms with Gasteiger partial charge in [-0.25, -0.2) is 0 Å². The van der Waals surface area contributed by atoms with Gasteiger partial charge in [-0.1, -0.05) is 84.0 Å². The highest BCUT2D eigenvalue weighted by Gasteiger charge is 2.16. The molecular formula is C19H40ClN. The quantitative estimate of drug-likeness (QED) is 0.398. The van der Waals surface area contributed by atoms with Crippen LogP contribution in [0.5, 0.6) is 0 Å². The summed E-state index contributed by atoms with van der Waals surface area (Å²) in [5, 5.41) is 3.75. The fourth-order valence-electron chi connectivity index (χ4n) is 3.52. The molecule has 21 heavy (non-hydrogen) atoms. The minimum atomic E-state index is 0. The first-order valence-electron chi connectivity index (χ1n) is 9.59. The Kier molecular flexibility index (Phi) is 15.3. The third-order valence-corrected chi connectivity index (χ3v) is 4.87. The number of hydrogen-bond donors (Lipinski definition) is 1. The minimum Gasteiger partial charge on any atom is -0.312 e. The number of halogens is 1. The number of unbranched alkanes of at least 4 members (excludes halogenated alkanes) is 10. The van der Waals surface area contributed by atoms with Crippen LogP contribution in [-0.4, -0.2) is 12.1 Å². The summed E-state index contributed by atoms with van der Waals surface area (Å²) in [6, 6.07) is 1.60. The maximum absolute atomic E-state index is 3.75. The summed E-state index contributed by atoms with van der Waals surface area (Å²) in [6.07, 6.45) is 21.7. The third-order valence-electron chi connectivity index (χ3n) is 4.87. The molecule has 2 atom stereocenters. The van der Waals surface area contributed by atoms with E-state index in [1.165, 1.54) is 96.3 Å². The molecule has 0 spiro atoms. The van der Waals surface area contributed by atoms with E-state index in [1.54, 1.807) is 0 Å². The van der Waals surface area contributed by atoms with Crippen molar-refractivity contribution in [2.24, 2.45) is 0 Å². The Labute approximate surface area is 140 Å². The second-order valence-corrected chi connectivity index (χ2v) is 7.02. The van der Waals surface area contributed by atoms with Crippen LogP contribution in [0.2, 0.25) is 0 Å². The van der Waals surface area contributed by atoms with Gasteiger partial charge in [0.1, 0.15) is 0 Å². The lowest BCUT2D eigenvalue weighted by molar-refractivity contribution is 0.314. The van der Waals surface area contributed by atoms with Crippen molar-refractivity contribution in [3.8, 4) is 0 Å². The van der Waals surface area contributed by atoms with Gasteiger partial charge in [0.15, 0.2) is 0 Å². The Morgan fingerprint density at radius 1 is 0.762 bits per heavy atom. The van der Waals surface area contributed by atoms with Crippen molar-refractivity contribution < 1.29 is 0 Å². The van der Waals surface area contributed by atoms with Gasteiger partial charge in [0.25, 0.3) is 0 Å². The number of hydrogen-bond acceptors (Lipinski definition) is 1. The summed E-state index contributed by atoms with van der Waals surface area (Å²) in [6.45, 7) is 4.64. The summed E-state index contributed by atoms with van der Waals surface area (Å²) in [7, 11) is 0. The van der Waals surface area contributed by atoms with Gasteiger partial charge in [0.2, 0.25) is 0 Å². The Morgan fingerprint density at radius 3 is 1.81 bits per heavy atom. The van der Waals surface area contributed by atoms with E-state index in [0.29, 0.717) is 0 Å². The van der Waals surface area contributed by atoms with Gasteiger partial charge in [-0.3, -0.25) is 0 Å². The predicted molar refractivity (Wildman–Crippen MR) is 98.6 cm³/mol. The SMILES string of the molecule is CCCCCCCCCCCCC[C@H]1CCC[C@@H](C)N1.Cl. The standard InChI is InChI=1S/C19H39N.ClH/c1-3-4-5-6-7-8-9-10-11-12-13-16-19-17-14-15-18(2)20-19;/h18-20H,3-17H2,1-2H3;1H/t18-,19+;/m1./s1. The molecule has 1 rings (SSSR count). The molecule has 1 fully saturated rings. The van der Waals surface area contributed by atoms with E-state index in [4.69, 9.17) is 0 Å². The lowest BCUT2D eigenvalue weighted by Gasteiger charge is -2.28. The van der Waals surface area contributed by atoms with Crippen LogP contribution < -0.4 is 5.32 Å². The van der Waals surface area contributed by atoms with E-state index in [9.17, 15) is 0 Å². The second kappa shape index (κ2) is 15.2. The highest BCUT2D eigenvalue weighted by Crippen LogP contribution is 2.18. The van der Waals surface area contributed by atoms with Crippen LogP contribution in [0.1, 0.15) is 110 Å². The molecule has 0 saturated carbocycles. The monoisotopic (exact) mass is 317 g/mol. The van der Waals surface area contributed by atoms with Gasteiger partial charge < -0.3 is 5.32 Å². The molecule has 1 N–H and O–H groups in total. The largest absolute Gasteiger partial charge is 0.312 e. The smallest absolute Gasteiger partial charge is 0.00695 e. The highest BCUT2D eigenvalue weighted by atomic mass is 35.5. The second-order valence-electron chi connectivity index (χ2n) is 7.02. The van der Waals surface area contributed by atoms with Crippen LogP contribution in [0.25, 0.3) is 0 Å². The topological polar surface area (TPSA) is 12.0 Å². The van der Waals surface area contributed by atoms with Crippen molar-refractivity contribution in [2.45, 2.75) is 122 Å². The number of rotatable bonds is 12. The third kappa shape index (κ3) is 12.5.